The van der Waals surface area contributed by atoms with Gasteiger partial charge in [-0.25, -0.2) is 0 Å². The third-order valence-corrected chi connectivity index (χ3v) is 2.93. The molecule has 0 atom stereocenters. The van der Waals surface area contributed by atoms with Crippen molar-refractivity contribution < 1.29 is 0 Å². The van der Waals surface area contributed by atoms with Crippen LogP contribution in [0.3, 0.4) is 0 Å². The smallest absolute Gasteiger partial charge is 0.0107 e. The van der Waals surface area contributed by atoms with Crippen LogP contribution in [0.2, 0.25) is 0 Å². The third-order valence-electron chi connectivity index (χ3n) is 2.93. The first-order valence-electron chi connectivity index (χ1n) is 6.33. The lowest BCUT2D eigenvalue weighted by atomic mass is 10.1. The van der Waals surface area contributed by atoms with E-state index >= 15 is 0 Å². The molecular weight excluding hydrogens is 196 g/mol. The number of nitrogens with zero attached hydrogens (tertiary/aromatic N) is 1. The molecule has 0 amide bonds. The highest BCUT2D eigenvalue weighted by atomic mass is 15.1. The zero-order chi connectivity index (χ0) is 11.6. The van der Waals surface area contributed by atoms with Crippen molar-refractivity contribution in [2.75, 3.05) is 32.7 Å². The molecule has 0 heterocycles. The first-order valence-corrected chi connectivity index (χ1v) is 6.33. The van der Waals surface area contributed by atoms with Crippen LogP contribution < -0.4 is 5.32 Å². The van der Waals surface area contributed by atoms with Gasteiger partial charge in [0.15, 0.2) is 0 Å². The van der Waals surface area contributed by atoms with Gasteiger partial charge < -0.3 is 10.2 Å². The van der Waals surface area contributed by atoms with E-state index in [0.717, 1.165) is 39.1 Å². The van der Waals surface area contributed by atoms with Crippen molar-refractivity contribution in [1.29, 1.82) is 0 Å². The van der Waals surface area contributed by atoms with E-state index in [0.29, 0.717) is 0 Å². The van der Waals surface area contributed by atoms with Gasteiger partial charge in [0.05, 0.1) is 0 Å². The highest BCUT2D eigenvalue weighted by molar-refractivity contribution is 5.14. The summed E-state index contributed by atoms with van der Waals surface area (Å²) in [6.07, 6.45) is 1.12. The lowest BCUT2D eigenvalue weighted by Crippen LogP contribution is -2.32. The summed E-state index contributed by atoms with van der Waals surface area (Å²) in [7, 11) is 0. The predicted octanol–water partition coefficient (Wildman–Crippen LogP) is 2.16. The average Bonchev–Trinajstić information content (AvgIpc) is 2.35. The molecule has 16 heavy (non-hydrogen) atoms. The van der Waals surface area contributed by atoms with Crippen LogP contribution in [0.15, 0.2) is 30.3 Å². The van der Waals surface area contributed by atoms with Gasteiger partial charge in [-0.1, -0.05) is 44.2 Å². The van der Waals surface area contributed by atoms with Crippen LogP contribution in [0.25, 0.3) is 0 Å². The minimum atomic E-state index is 1.07. The van der Waals surface area contributed by atoms with Crippen LogP contribution in [0.4, 0.5) is 0 Å². The monoisotopic (exact) mass is 220 g/mol. The molecule has 1 N–H and O–H groups in total. The number of benzene rings is 1. The Morgan fingerprint density at radius 2 is 1.69 bits per heavy atom. The summed E-state index contributed by atoms with van der Waals surface area (Å²) >= 11 is 0. The van der Waals surface area contributed by atoms with Gasteiger partial charge in [0, 0.05) is 13.1 Å². The standard InChI is InChI=1S/C14H24N2/c1-3-16(4-2)13-12-15-11-10-14-8-6-5-7-9-14/h5-9,15H,3-4,10-13H2,1-2H3. The fourth-order valence-electron chi connectivity index (χ4n) is 1.78. The third kappa shape index (κ3) is 5.29. The molecule has 0 aliphatic rings. The summed E-state index contributed by atoms with van der Waals surface area (Å²) in [6, 6.07) is 10.6. The van der Waals surface area contributed by atoms with E-state index in [1.54, 1.807) is 0 Å². The SMILES string of the molecule is CCN(CC)CCNCCc1ccccc1. The van der Waals surface area contributed by atoms with E-state index in [9.17, 15) is 0 Å². The zero-order valence-corrected chi connectivity index (χ0v) is 10.6. The normalized spacial score (nSPS) is 10.9. The van der Waals surface area contributed by atoms with Crippen LogP contribution in [-0.2, 0) is 6.42 Å². The summed E-state index contributed by atoms with van der Waals surface area (Å²) in [5, 5.41) is 3.49. The van der Waals surface area contributed by atoms with Crippen LogP contribution in [0, 0.1) is 0 Å². The largest absolute Gasteiger partial charge is 0.315 e. The van der Waals surface area contributed by atoms with E-state index in [1.807, 2.05) is 0 Å². The van der Waals surface area contributed by atoms with Gasteiger partial charge in [-0.15, -0.1) is 0 Å². The number of likely N-dealkylation sites (N-methyl/N-ethyl adjacent to an activating group) is 1. The Hall–Kier alpha value is -0.860. The molecule has 0 aliphatic carbocycles. The Labute approximate surface area is 99.7 Å². The van der Waals surface area contributed by atoms with Gasteiger partial charge in [0.1, 0.15) is 0 Å². The molecule has 1 aromatic rings. The second kappa shape index (κ2) is 8.31. The minimum absolute atomic E-state index is 1.07. The maximum Gasteiger partial charge on any atom is 0.0107 e. The average molecular weight is 220 g/mol. The Bertz CT molecular complexity index is 255. The number of rotatable bonds is 8. The molecule has 0 radical (unpaired) electrons. The Kier molecular flexibility index (Phi) is 6.86. The summed E-state index contributed by atoms with van der Waals surface area (Å²) in [5.74, 6) is 0. The van der Waals surface area contributed by atoms with E-state index in [2.05, 4.69) is 54.4 Å². The van der Waals surface area contributed by atoms with Gasteiger partial charge in [0.2, 0.25) is 0 Å². The Balaban J connectivity index is 2.04. The summed E-state index contributed by atoms with van der Waals surface area (Å²) in [4.78, 5) is 2.44. The van der Waals surface area contributed by atoms with Gasteiger partial charge in [-0.05, 0) is 31.6 Å². The van der Waals surface area contributed by atoms with Crippen LogP contribution in [-0.4, -0.2) is 37.6 Å². The molecule has 0 aliphatic heterocycles. The lowest BCUT2D eigenvalue weighted by Gasteiger charge is -2.17. The van der Waals surface area contributed by atoms with Crippen LogP contribution >= 0.6 is 0 Å². The Morgan fingerprint density at radius 3 is 2.31 bits per heavy atom. The number of hydrogen-bond acceptors (Lipinski definition) is 2. The van der Waals surface area contributed by atoms with Crippen molar-refractivity contribution in [1.82, 2.24) is 10.2 Å². The molecule has 0 aromatic heterocycles. The fraction of sp³-hybridized carbons (Fsp3) is 0.571. The highest BCUT2D eigenvalue weighted by Gasteiger charge is 1.97. The van der Waals surface area contributed by atoms with Gasteiger partial charge in [-0.3, -0.25) is 0 Å². The lowest BCUT2D eigenvalue weighted by molar-refractivity contribution is 0.303. The van der Waals surface area contributed by atoms with E-state index in [1.165, 1.54) is 5.56 Å². The van der Waals surface area contributed by atoms with Crippen molar-refractivity contribution in [2.24, 2.45) is 0 Å². The maximum absolute atomic E-state index is 3.49. The quantitative estimate of drug-likeness (QED) is 0.675. The van der Waals surface area contributed by atoms with E-state index < -0.39 is 0 Å². The molecular formula is C14H24N2. The van der Waals surface area contributed by atoms with Crippen molar-refractivity contribution in [3.63, 3.8) is 0 Å². The highest BCUT2D eigenvalue weighted by Crippen LogP contribution is 1.97. The minimum Gasteiger partial charge on any atom is -0.315 e. The molecule has 2 nitrogen and oxygen atoms in total. The van der Waals surface area contributed by atoms with E-state index in [-0.39, 0.29) is 0 Å². The predicted molar refractivity (Wildman–Crippen MR) is 70.8 cm³/mol. The molecule has 0 fully saturated rings. The molecule has 0 spiro atoms. The molecule has 0 unspecified atom stereocenters. The molecule has 0 bridgehead atoms. The summed E-state index contributed by atoms with van der Waals surface area (Å²) < 4.78 is 0. The molecule has 0 saturated heterocycles. The zero-order valence-electron chi connectivity index (χ0n) is 10.6. The maximum atomic E-state index is 3.49. The van der Waals surface area contributed by atoms with Crippen molar-refractivity contribution >= 4 is 0 Å². The fourth-order valence-corrected chi connectivity index (χ4v) is 1.78. The molecule has 1 rings (SSSR count). The van der Waals surface area contributed by atoms with Gasteiger partial charge in [-0.2, -0.15) is 0 Å². The topological polar surface area (TPSA) is 15.3 Å². The van der Waals surface area contributed by atoms with E-state index in [4.69, 9.17) is 0 Å². The van der Waals surface area contributed by atoms with Gasteiger partial charge >= 0.3 is 0 Å². The molecule has 0 saturated carbocycles. The van der Waals surface area contributed by atoms with Crippen molar-refractivity contribution in [2.45, 2.75) is 20.3 Å². The van der Waals surface area contributed by atoms with Crippen molar-refractivity contribution in [3.05, 3.63) is 35.9 Å². The Morgan fingerprint density at radius 1 is 1.00 bits per heavy atom. The van der Waals surface area contributed by atoms with Gasteiger partial charge in [0.25, 0.3) is 0 Å². The van der Waals surface area contributed by atoms with Crippen LogP contribution in [0.5, 0.6) is 0 Å². The molecule has 90 valence electrons. The summed E-state index contributed by atoms with van der Waals surface area (Å²) in [5.41, 5.74) is 1.41. The second-order valence-electron chi connectivity index (χ2n) is 4.01. The first kappa shape index (κ1) is 13.2. The number of hydrogen-bond donors (Lipinski definition) is 1. The summed E-state index contributed by atoms with van der Waals surface area (Å²) in [6.45, 7) is 10.1. The number of nitrogens with one attached hydrogen (secondary N) is 1. The second-order valence-corrected chi connectivity index (χ2v) is 4.01. The molecule has 1 aromatic carbocycles. The first-order chi connectivity index (χ1) is 7.86. The van der Waals surface area contributed by atoms with Crippen LogP contribution in [0.1, 0.15) is 19.4 Å². The van der Waals surface area contributed by atoms with Crippen molar-refractivity contribution in [3.8, 4) is 0 Å². The molecule has 2 heteroatoms.